The van der Waals surface area contributed by atoms with Gasteiger partial charge in [0.15, 0.2) is 0 Å². The Bertz CT molecular complexity index is 668. The van der Waals surface area contributed by atoms with Gasteiger partial charge in [-0.25, -0.2) is 9.97 Å². The summed E-state index contributed by atoms with van der Waals surface area (Å²) in [6.07, 6.45) is 0. The molecule has 2 aromatic rings. The Hall–Kier alpha value is -2.43. The van der Waals surface area contributed by atoms with Crippen molar-refractivity contribution in [3.8, 4) is 0 Å². The summed E-state index contributed by atoms with van der Waals surface area (Å²) in [7, 11) is 0. The summed E-state index contributed by atoms with van der Waals surface area (Å²) in [6.45, 7) is 10.8. The zero-order valence-corrected chi connectivity index (χ0v) is 15.0. The van der Waals surface area contributed by atoms with Crippen molar-refractivity contribution in [1.82, 2.24) is 14.9 Å². The lowest BCUT2D eigenvalue weighted by atomic mass is 10.2. The van der Waals surface area contributed by atoms with Crippen LogP contribution in [-0.4, -0.2) is 40.4 Å². The molecule has 128 valence electrons. The van der Waals surface area contributed by atoms with Crippen molar-refractivity contribution < 1.29 is 4.79 Å². The first kappa shape index (κ1) is 17.9. The van der Waals surface area contributed by atoms with E-state index in [0.717, 1.165) is 18.8 Å². The lowest BCUT2D eigenvalue weighted by molar-refractivity contribution is 0.0767. The molecule has 0 saturated heterocycles. The molecule has 1 aromatic carbocycles. The number of aromatic nitrogens is 2. The van der Waals surface area contributed by atoms with Gasteiger partial charge in [-0.15, -0.1) is 0 Å². The Kier molecular flexibility index (Phi) is 6.29. The summed E-state index contributed by atoms with van der Waals surface area (Å²) in [5.41, 5.74) is 2.47. The lowest BCUT2D eigenvalue weighted by Crippen LogP contribution is -2.32. The third-order valence-corrected chi connectivity index (χ3v) is 3.99. The zero-order chi connectivity index (χ0) is 17.5. The minimum absolute atomic E-state index is 0.0393. The normalized spacial score (nSPS) is 10.5. The molecule has 5 heteroatoms. The monoisotopic (exact) mass is 326 g/mol. The van der Waals surface area contributed by atoms with Crippen molar-refractivity contribution in [1.29, 1.82) is 0 Å². The Labute approximate surface area is 144 Å². The van der Waals surface area contributed by atoms with Crippen molar-refractivity contribution in [2.24, 2.45) is 0 Å². The summed E-state index contributed by atoms with van der Waals surface area (Å²) in [5, 5.41) is 0. The fourth-order valence-corrected chi connectivity index (χ4v) is 2.60. The van der Waals surface area contributed by atoms with Gasteiger partial charge < -0.3 is 9.80 Å². The van der Waals surface area contributed by atoms with Crippen LogP contribution in [0.15, 0.2) is 36.4 Å². The maximum atomic E-state index is 12.6. The molecule has 0 saturated carbocycles. The van der Waals surface area contributed by atoms with Gasteiger partial charge in [0.25, 0.3) is 5.91 Å². The molecule has 1 amide bonds. The molecule has 2 rings (SSSR count). The van der Waals surface area contributed by atoms with Gasteiger partial charge in [-0.3, -0.25) is 4.79 Å². The van der Waals surface area contributed by atoms with Gasteiger partial charge in [0.1, 0.15) is 5.69 Å². The predicted octanol–water partition coefficient (Wildman–Crippen LogP) is 3.29. The van der Waals surface area contributed by atoms with Crippen molar-refractivity contribution >= 4 is 11.9 Å². The summed E-state index contributed by atoms with van der Waals surface area (Å²) in [4.78, 5) is 25.5. The Balaban J connectivity index is 2.30. The molecule has 0 fully saturated rings. The number of anilines is 1. The third kappa shape index (κ3) is 4.31. The minimum Gasteiger partial charge on any atom is -0.338 e. The summed E-state index contributed by atoms with van der Waals surface area (Å²) in [6, 6.07) is 12.0. The number of rotatable bonds is 7. The second-order valence-corrected chi connectivity index (χ2v) is 5.67. The second kappa shape index (κ2) is 8.43. The van der Waals surface area contributed by atoms with E-state index < -0.39 is 0 Å². The van der Waals surface area contributed by atoms with Crippen LogP contribution in [0.2, 0.25) is 0 Å². The number of hydrogen-bond donors (Lipinski definition) is 0. The first-order chi connectivity index (χ1) is 11.6. The molecule has 0 aliphatic rings. The molecule has 1 heterocycles. The van der Waals surface area contributed by atoms with Gasteiger partial charge in [0.2, 0.25) is 5.95 Å². The number of carbonyl (C=O) groups is 1. The molecule has 5 nitrogen and oxygen atoms in total. The SMILES string of the molecule is CCN(CC)C(=O)c1cc(C)nc(N(CC)Cc2ccccc2)n1. The smallest absolute Gasteiger partial charge is 0.272 e. The highest BCUT2D eigenvalue weighted by Crippen LogP contribution is 2.15. The molecule has 1 aromatic heterocycles. The van der Waals surface area contributed by atoms with E-state index in [9.17, 15) is 4.79 Å². The fraction of sp³-hybridized carbons (Fsp3) is 0.421. The number of nitrogens with zero attached hydrogens (tertiary/aromatic N) is 4. The number of aryl methyl sites for hydroxylation is 1. The van der Waals surface area contributed by atoms with E-state index >= 15 is 0 Å². The van der Waals surface area contributed by atoms with Crippen LogP contribution in [-0.2, 0) is 6.54 Å². The lowest BCUT2D eigenvalue weighted by Gasteiger charge is -2.23. The van der Waals surface area contributed by atoms with Crippen LogP contribution in [0.1, 0.15) is 42.5 Å². The van der Waals surface area contributed by atoms with E-state index in [-0.39, 0.29) is 5.91 Å². The van der Waals surface area contributed by atoms with Gasteiger partial charge in [-0.2, -0.15) is 0 Å². The van der Waals surface area contributed by atoms with E-state index in [4.69, 9.17) is 0 Å². The van der Waals surface area contributed by atoms with Gasteiger partial charge in [-0.05, 0) is 39.3 Å². The van der Waals surface area contributed by atoms with Crippen molar-refractivity contribution in [2.75, 3.05) is 24.5 Å². The summed E-state index contributed by atoms with van der Waals surface area (Å²) >= 11 is 0. The quantitative estimate of drug-likeness (QED) is 0.783. The second-order valence-electron chi connectivity index (χ2n) is 5.67. The molecule has 24 heavy (non-hydrogen) atoms. The molecule has 0 spiro atoms. The van der Waals surface area contributed by atoms with Gasteiger partial charge in [0.05, 0.1) is 0 Å². The molecule has 0 unspecified atom stereocenters. The Morgan fingerprint density at radius 3 is 2.25 bits per heavy atom. The maximum Gasteiger partial charge on any atom is 0.272 e. The minimum atomic E-state index is -0.0393. The van der Waals surface area contributed by atoms with Gasteiger partial charge in [-0.1, -0.05) is 30.3 Å². The van der Waals surface area contributed by atoms with E-state index in [1.165, 1.54) is 5.56 Å². The van der Waals surface area contributed by atoms with E-state index in [1.807, 2.05) is 39.0 Å². The average molecular weight is 326 g/mol. The van der Waals surface area contributed by atoms with Crippen LogP contribution < -0.4 is 4.90 Å². The number of hydrogen-bond acceptors (Lipinski definition) is 4. The Morgan fingerprint density at radius 1 is 1.00 bits per heavy atom. The molecule has 0 atom stereocenters. The third-order valence-electron chi connectivity index (χ3n) is 3.99. The summed E-state index contributed by atoms with van der Waals surface area (Å²) in [5.74, 6) is 0.569. The van der Waals surface area contributed by atoms with Crippen LogP contribution in [0.3, 0.4) is 0 Å². The number of benzene rings is 1. The Morgan fingerprint density at radius 2 is 1.67 bits per heavy atom. The highest BCUT2D eigenvalue weighted by atomic mass is 16.2. The number of amides is 1. The predicted molar refractivity (Wildman–Crippen MR) is 97.2 cm³/mol. The van der Waals surface area contributed by atoms with Crippen LogP contribution in [0, 0.1) is 6.92 Å². The molecule has 0 radical (unpaired) electrons. The van der Waals surface area contributed by atoms with Crippen LogP contribution in [0.25, 0.3) is 0 Å². The first-order valence-electron chi connectivity index (χ1n) is 8.52. The highest BCUT2D eigenvalue weighted by Gasteiger charge is 2.18. The van der Waals surface area contributed by atoms with E-state index in [1.54, 1.807) is 11.0 Å². The molecule has 0 aliphatic heterocycles. The van der Waals surface area contributed by atoms with Crippen LogP contribution >= 0.6 is 0 Å². The van der Waals surface area contributed by atoms with Crippen molar-refractivity contribution in [3.05, 3.63) is 53.3 Å². The number of carbonyl (C=O) groups excluding carboxylic acids is 1. The molecule has 0 N–H and O–H groups in total. The van der Waals surface area contributed by atoms with Crippen molar-refractivity contribution in [2.45, 2.75) is 34.2 Å². The standard InChI is InChI=1S/C19H26N4O/c1-5-22(6-2)18(24)17-13-15(4)20-19(21-17)23(7-3)14-16-11-9-8-10-12-16/h8-13H,5-7,14H2,1-4H3. The maximum absolute atomic E-state index is 12.6. The topological polar surface area (TPSA) is 49.3 Å². The van der Waals surface area contributed by atoms with Crippen LogP contribution in [0.5, 0.6) is 0 Å². The van der Waals surface area contributed by atoms with E-state index in [2.05, 4.69) is 33.9 Å². The molecular weight excluding hydrogens is 300 g/mol. The fourth-order valence-electron chi connectivity index (χ4n) is 2.60. The largest absolute Gasteiger partial charge is 0.338 e. The van der Waals surface area contributed by atoms with Gasteiger partial charge in [0, 0.05) is 31.9 Å². The zero-order valence-electron chi connectivity index (χ0n) is 15.0. The van der Waals surface area contributed by atoms with Gasteiger partial charge >= 0.3 is 0 Å². The first-order valence-corrected chi connectivity index (χ1v) is 8.52. The average Bonchev–Trinajstić information content (AvgIpc) is 2.61. The molecular formula is C19H26N4O. The molecule has 0 bridgehead atoms. The highest BCUT2D eigenvalue weighted by molar-refractivity contribution is 5.92. The van der Waals surface area contributed by atoms with Crippen LogP contribution in [0.4, 0.5) is 5.95 Å². The summed E-state index contributed by atoms with van der Waals surface area (Å²) < 4.78 is 0. The van der Waals surface area contributed by atoms with E-state index in [0.29, 0.717) is 24.7 Å². The van der Waals surface area contributed by atoms with Crippen molar-refractivity contribution in [3.63, 3.8) is 0 Å². The molecule has 0 aliphatic carbocycles.